The first-order valence-corrected chi connectivity index (χ1v) is 15.1. The number of hydrogen-bond acceptors (Lipinski definition) is 0. The molecule has 0 nitrogen and oxygen atoms in total. The summed E-state index contributed by atoms with van der Waals surface area (Å²) in [6.07, 6.45) is 28.8. The van der Waals surface area contributed by atoms with E-state index in [0.717, 1.165) is 0 Å². The Morgan fingerprint density at radius 3 is 0.773 bits per heavy atom. The minimum absolute atomic E-state index is 1.10. The zero-order chi connectivity index (χ0) is 15.0. The van der Waals surface area contributed by atoms with Gasteiger partial charge in [0.25, 0.3) is 0 Å². The van der Waals surface area contributed by atoms with Crippen LogP contribution in [-0.2, 0) is 0 Å². The normalized spacial score (nSPS) is 28.2. The molecule has 0 radical (unpaired) electrons. The molecule has 0 unspecified atom stereocenters. The Morgan fingerprint density at radius 2 is 0.545 bits per heavy atom. The predicted octanol–water partition coefficient (Wildman–Crippen LogP) is 7.65. The van der Waals surface area contributed by atoms with E-state index in [2.05, 4.69) is 0 Å². The molecule has 0 amide bonds. The van der Waals surface area contributed by atoms with E-state index in [1.54, 1.807) is 116 Å². The molecule has 22 heavy (non-hydrogen) atoms. The third-order valence-electron chi connectivity index (χ3n) is 6.74. The Balaban J connectivity index is 1.72. The summed E-state index contributed by atoms with van der Waals surface area (Å²) < 4.78 is 3.87. The molecule has 0 saturated heterocycles. The van der Waals surface area contributed by atoms with Crippen molar-refractivity contribution in [2.24, 2.45) is 0 Å². The van der Waals surface area contributed by atoms with Crippen LogP contribution in [0, 0.1) is 0 Å². The molecule has 0 aromatic carbocycles. The molecule has 0 spiro atoms. The van der Waals surface area contributed by atoms with E-state index >= 15 is 0 Å². The summed E-state index contributed by atoms with van der Waals surface area (Å²) in [5.74, 6) is 0. The molecular weight excluding hydrogens is 374 g/mol. The average molecular weight is 413 g/mol. The Labute approximate surface area is 147 Å². The topological polar surface area (TPSA) is 0 Å². The first-order chi connectivity index (χ1) is 10.9. The summed E-state index contributed by atoms with van der Waals surface area (Å²) in [7, 11) is 0. The fourth-order valence-corrected chi connectivity index (χ4v) is 18.9. The van der Waals surface area contributed by atoms with Gasteiger partial charge >= 0.3 is 147 Å². The third-order valence-corrected chi connectivity index (χ3v) is 18.4. The Bertz CT molecular complexity index is 229. The van der Waals surface area contributed by atoms with Crippen molar-refractivity contribution in [3.8, 4) is 0 Å². The summed E-state index contributed by atoms with van der Waals surface area (Å²) in [6.45, 7) is 0. The molecular formula is C21H39Sb. The van der Waals surface area contributed by atoms with Crippen LogP contribution in [0.25, 0.3) is 0 Å². The van der Waals surface area contributed by atoms with Crippen molar-refractivity contribution in [2.45, 2.75) is 127 Å². The molecule has 1 heteroatoms. The standard InChI is InChI=1S/3C7H13.Sb/c3*1-2-4-6-7-5-3-1;/h3*1H,2-7H2;. The summed E-state index contributed by atoms with van der Waals surface area (Å²) in [6, 6.07) is 0. The van der Waals surface area contributed by atoms with Gasteiger partial charge in [-0.1, -0.05) is 0 Å². The molecule has 0 aromatic heterocycles. The van der Waals surface area contributed by atoms with Gasteiger partial charge in [-0.15, -0.1) is 0 Å². The van der Waals surface area contributed by atoms with Gasteiger partial charge in [0.05, 0.1) is 0 Å². The van der Waals surface area contributed by atoms with Gasteiger partial charge in [0.1, 0.15) is 0 Å². The minimum atomic E-state index is -1.10. The molecule has 0 atom stereocenters. The van der Waals surface area contributed by atoms with E-state index in [-0.39, 0.29) is 0 Å². The zero-order valence-corrected chi connectivity index (χ0v) is 17.5. The summed E-state index contributed by atoms with van der Waals surface area (Å²) in [4.78, 5) is 0. The van der Waals surface area contributed by atoms with Gasteiger partial charge in [0.15, 0.2) is 0 Å². The molecule has 3 saturated carbocycles. The van der Waals surface area contributed by atoms with Gasteiger partial charge in [0, 0.05) is 0 Å². The second-order valence-corrected chi connectivity index (χ2v) is 17.2. The van der Waals surface area contributed by atoms with Crippen LogP contribution in [0.3, 0.4) is 0 Å². The van der Waals surface area contributed by atoms with Crippen molar-refractivity contribution in [1.29, 1.82) is 0 Å². The second kappa shape index (κ2) is 9.96. The van der Waals surface area contributed by atoms with Gasteiger partial charge in [0.2, 0.25) is 0 Å². The third kappa shape index (κ3) is 5.16. The van der Waals surface area contributed by atoms with Crippen molar-refractivity contribution >= 4 is 20.2 Å². The summed E-state index contributed by atoms with van der Waals surface area (Å²) >= 11 is -1.10. The van der Waals surface area contributed by atoms with Crippen molar-refractivity contribution in [2.75, 3.05) is 0 Å². The van der Waals surface area contributed by atoms with E-state index < -0.39 is 20.2 Å². The van der Waals surface area contributed by atoms with E-state index in [4.69, 9.17) is 0 Å². The van der Waals surface area contributed by atoms with Crippen molar-refractivity contribution in [3.63, 3.8) is 0 Å². The fourth-order valence-electron chi connectivity index (χ4n) is 5.56. The van der Waals surface area contributed by atoms with E-state index in [1.165, 1.54) is 11.6 Å². The van der Waals surface area contributed by atoms with Gasteiger partial charge in [-0.3, -0.25) is 0 Å². The van der Waals surface area contributed by atoms with Crippen LogP contribution < -0.4 is 0 Å². The SMILES string of the molecule is C1CCC[CH]([Sb]([CH]2CCCCCC2)[CH]2CCCCCC2)CC1. The molecule has 0 heterocycles. The van der Waals surface area contributed by atoms with E-state index in [9.17, 15) is 0 Å². The van der Waals surface area contributed by atoms with Crippen molar-refractivity contribution in [3.05, 3.63) is 0 Å². The van der Waals surface area contributed by atoms with Gasteiger partial charge in [-0.05, 0) is 0 Å². The Morgan fingerprint density at radius 1 is 0.318 bits per heavy atom. The average Bonchev–Trinajstić information content (AvgIpc) is 3.04. The maximum absolute atomic E-state index is 1.66. The second-order valence-electron chi connectivity index (χ2n) is 8.38. The molecule has 3 fully saturated rings. The van der Waals surface area contributed by atoms with Crippen LogP contribution >= 0.6 is 0 Å². The molecule has 3 aliphatic carbocycles. The van der Waals surface area contributed by atoms with Crippen LogP contribution in [0.15, 0.2) is 0 Å². The fraction of sp³-hybridized carbons (Fsp3) is 1.00. The van der Waals surface area contributed by atoms with Crippen LogP contribution in [-0.4, -0.2) is 20.2 Å². The van der Waals surface area contributed by atoms with Crippen LogP contribution in [0.1, 0.15) is 116 Å². The first kappa shape index (κ1) is 17.6. The van der Waals surface area contributed by atoms with Crippen molar-refractivity contribution < 1.29 is 0 Å². The van der Waals surface area contributed by atoms with E-state index in [1.807, 2.05) is 0 Å². The molecule has 0 bridgehead atoms. The van der Waals surface area contributed by atoms with Gasteiger partial charge in [-0.2, -0.15) is 0 Å². The first-order valence-electron chi connectivity index (χ1n) is 10.7. The molecule has 0 aliphatic heterocycles. The van der Waals surface area contributed by atoms with Crippen LogP contribution in [0.4, 0.5) is 0 Å². The monoisotopic (exact) mass is 412 g/mol. The van der Waals surface area contributed by atoms with Gasteiger partial charge < -0.3 is 0 Å². The van der Waals surface area contributed by atoms with Crippen molar-refractivity contribution in [1.82, 2.24) is 0 Å². The van der Waals surface area contributed by atoms with Gasteiger partial charge in [-0.25, -0.2) is 0 Å². The molecule has 3 rings (SSSR count). The maximum atomic E-state index is 1.66. The Hall–Kier alpha value is 0.818. The molecule has 3 aliphatic rings. The van der Waals surface area contributed by atoms with E-state index in [0.29, 0.717) is 0 Å². The van der Waals surface area contributed by atoms with Crippen LogP contribution in [0.5, 0.6) is 0 Å². The Kier molecular flexibility index (Phi) is 7.98. The molecule has 0 N–H and O–H groups in total. The quantitative estimate of drug-likeness (QED) is 0.329. The summed E-state index contributed by atoms with van der Waals surface area (Å²) in [5.41, 5.74) is 0. The number of hydrogen-bond donors (Lipinski definition) is 0. The predicted molar refractivity (Wildman–Crippen MR) is 100 cm³/mol. The van der Waals surface area contributed by atoms with Crippen LogP contribution in [0.2, 0.25) is 11.6 Å². The molecule has 0 aromatic rings. The molecule has 128 valence electrons. The zero-order valence-electron chi connectivity index (χ0n) is 14.9. The number of rotatable bonds is 3. The summed E-state index contributed by atoms with van der Waals surface area (Å²) in [5, 5.41) is 0.